The molecule has 2 saturated carbocycles. The van der Waals surface area contributed by atoms with Crippen LogP contribution in [0.1, 0.15) is 48.4 Å². The van der Waals surface area contributed by atoms with Gasteiger partial charge in [-0.1, -0.05) is 36.4 Å². The molecule has 138 valence electrons. The summed E-state index contributed by atoms with van der Waals surface area (Å²) in [7, 11) is 0. The van der Waals surface area contributed by atoms with Gasteiger partial charge in [-0.05, 0) is 47.0 Å². The Bertz CT molecular complexity index is 903. The Kier molecular flexibility index (Phi) is 3.69. The maximum atomic E-state index is 2.69. The predicted molar refractivity (Wildman–Crippen MR) is 112 cm³/mol. The summed E-state index contributed by atoms with van der Waals surface area (Å²) in [6.07, 6.45) is 4.40. The minimum absolute atomic E-state index is 0.331. The van der Waals surface area contributed by atoms with Crippen molar-refractivity contribution in [1.82, 2.24) is 0 Å². The topological polar surface area (TPSA) is 6.02 Å². The first kappa shape index (κ1) is 16.9. The first-order chi connectivity index (χ1) is 13.0. The number of hydrogen-bond donors (Lipinski definition) is 0. The van der Waals surface area contributed by atoms with E-state index < -0.39 is 0 Å². The fraction of sp³-hybridized carbons (Fsp3) is 0.440. The fourth-order valence-corrected chi connectivity index (χ4v) is 6.04. The fourth-order valence-electron chi connectivity index (χ4n) is 6.04. The molecule has 2 atom stereocenters. The van der Waals surface area contributed by atoms with Crippen LogP contribution in [-0.4, -0.2) is 26.7 Å². The zero-order valence-electron chi connectivity index (χ0n) is 17.2. The smallest absolute Gasteiger partial charge is 0.127 e. The van der Waals surface area contributed by atoms with Crippen LogP contribution in [0.5, 0.6) is 0 Å². The summed E-state index contributed by atoms with van der Waals surface area (Å²) in [5.41, 5.74) is 11.7. The van der Waals surface area contributed by atoms with Crippen LogP contribution >= 0.6 is 0 Å². The molecule has 1 heterocycles. The van der Waals surface area contributed by atoms with Crippen molar-refractivity contribution in [2.75, 3.05) is 0 Å². The van der Waals surface area contributed by atoms with Crippen molar-refractivity contribution in [3.8, 4) is 0 Å². The molecule has 0 amide bonds. The standard InChI is InChI=1S/C25H30N2/c1-15-8-6-9-16(2)22(15)26-19(5)27(23-17(3)10-7-11-18(23)4)25-21-13-12-20(14-21)24(25)26/h6-11,19-21H,12-14H2,1-5H3/q+2. The monoisotopic (exact) mass is 358 g/mol. The molecule has 1 aliphatic heterocycles. The largest absolute Gasteiger partial charge is 0.351 e. The van der Waals surface area contributed by atoms with Gasteiger partial charge in [0, 0.05) is 22.3 Å². The molecule has 0 saturated heterocycles. The highest BCUT2D eigenvalue weighted by atomic mass is 15.3. The Hall–Kier alpha value is -2.22. The molecule has 3 aliphatic rings. The van der Waals surface area contributed by atoms with Crippen molar-refractivity contribution in [2.24, 2.45) is 11.8 Å². The van der Waals surface area contributed by atoms with Gasteiger partial charge in [-0.2, -0.15) is 0 Å². The lowest BCUT2D eigenvalue weighted by Crippen LogP contribution is -2.28. The van der Waals surface area contributed by atoms with Crippen LogP contribution in [0.3, 0.4) is 0 Å². The summed E-state index contributed by atoms with van der Waals surface area (Å²) in [6, 6.07) is 13.4. The Labute approximate surface area is 162 Å². The molecule has 2 unspecified atom stereocenters. The SMILES string of the molecule is Cc1cccc(C)c1[N+]1=C2C(=[N+](c3c(C)cccc3C)C1C)C1CCC2C1. The third kappa shape index (κ3) is 2.25. The van der Waals surface area contributed by atoms with E-state index in [0.717, 1.165) is 11.8 Å². The normalized spacial score (nSPS) is 26.3. The second-order valence-corrected chi connectivity index (χ2v) is 8.83. The number of benzene rings is 2. The lowest BCUT2D eigenvalue weighted by atomic mass is 9.95. The molecule has 2 aromatic rings. The molecule has 2 aliphatic carbocycles. The summed E-state index contributed by atoms with van der Waals surface area (Å²) in [5.74, 6) is 1.47. The van der Waals surface area contributed by atoms with Crippen molar-refractivity contribution >= 4 is 22.8 Å². The van der Waals surface area contributed by atoms with E-state index in [1.54, 1.807) is 11.4 Å². The maximum absolute atomic E-state index is 2.69. The van der Waals surface area contributed by atoms with E-state index >= 15 is 0 Å². The molecule has 27 heavy (non-hydrogen) atoms. The molecule has 0 radical (unpaired) electrons. The van der Waals surface area contributed by atoms with Crippen molar-refractivity contribution in [3.63, 3.8) is 0 Å². The molecule has 5 rings (SSSR count). The van der Waals surface area contributed by atoms with Gasteiger partial charge < -0.3 is 0 Å². The number of hydrogen-bond acceptors (Lipinski definition) is 0. The van der Waals surface area contributed by atoms with Gasteiger partial charge in [0.2, 0.25) is 11.4 Å². The first-order valence-corrected chi connectivity index (χ1v) is 10.4. The molecule has 2 bridgehead atoms. The average Bonchev–Trinajstić information content (AvgIpc) is 3.29. The number of para-hydroxylation sites is 2. The van der Waals surface area contributed by atoms with Crippen molar-refractivity contribution in [1.29, 1.82) is 0 Å². The third-order valence-corrected chi connectivity index (χ3v) is 7.10. The van der Waals surface area contributed by atoms with E-state index in [1.807, 2.05) is 0 Å². The van der Waals surface area contributed by atoms with E-state index in [1.165, 1.54) is 52.9 Å². The molecule has 2 nitrogen and oxygen atoms in total. The molecular formula is C25H30N2+2. The minimum Gasteiger partial charge on any atom is -0.127 e. The summed E-state index contributed by atoms with van der Waals surface area (Å²) in [5, 5.41) is 0. The summed E-state index contributed by atoms with van der Waals surface area (Å²) < 4.78 is 5.38. The van der Waals surface area contributed by atoms with E-state index in [4.69, 9.17) is 0 Å². The number of nitrogens with zero attached hydrogens (tertiary/aromatic N) is 2. The highest BCUT2D eigenvalue weighted by Crippen LogP contribution is 2.47. The maximum Gasteiger partial charge on any atom is 0.351 e. The zero-order valence-corrected chi connectivity index (χ0v) is 17.2. The highest BCUT2D eigenvalue weighted by molar-refractivity contribution is 6.43. The summed E-state index contributed by atoms with van der Waals surface area (Å²) >= 11 is 0. The summed E-state index contributed by atoms with van der Waals surface area (Å²) in [6.45, 7) is 11.5. The van der Waals surface area contributed by atoms with Crippen molar-refractivity contribution < 1.29 is 9.15 Å². The molecule has 0 aromatic heterocycles. The van der Waals surface area contributed by atoms with E-state index in [-0.39, 0.29) is 0 Å². The minimum atomic E-state index is 0.331. The number of fused-ring (bicyclic) bond motifs is 5. The van der Waals surface area contributed by atoms with Crippen molar-refractivity contribution in [3.05, 3.63) is 58.7 Å². The Morgan fingerprint density at radius 1 is 0.667 bits per heavy atom. The third-order valence-electron chi connectivity index (χ3n) is 7.10. The molecule has 2 heteroatoms. The number of aryl methyl sites for hydroxylation is 4. The molecule has 0 spiro atoms. The number of rotatable bonds is 2. The second-order valence-electron chi connectivity index (χ2n) is 8.83. The van der Waals surface area contributed by atoms with E-state index in [0.29, 0.717) is 6.17 Å². The van der Waals surface area contributed by atoms with Crippen LogP contribution in [0.4, 0.5) is 11.4 Å². The van der Waals surface area contributed by atoms with Crippen LogP contribution in [0, 0.1) is 39.5 Å². The van der Waals surface area contributed by atoms with Crippen LogP contribution in [0.25, 0.3) is 0 Å². The van der Waals surface area contributed by atoms with Crippen LogP contribution in [-0.2, 0) is 0 Å². The molecule has 0 N–H and O–H groups in total. The van der Waals surface area contributed by atoms with Crippen LogP contribution < -0.4 is 0 Å². The van der Waals surface area contributed by atoms with E-state index in [9.17, 15) is 0 Å². The Morgan fingerprint density at radius 3 is 1.41 bits per heavy atom. The molecule has 2 fully saturated rings. The first-order valence-electron chi connectivity index (χ1n) is 10.4. The second kappa shape index (κ2) is 5.89. The van der Waals surface area contributed by atoms with Gasteiger partial charge in [-0.15, -0.1) is 9.15 Å². The van der Waals surface area contributed by atoms with Gasteiger partial charge in [-0.3, -0.25) is 0 Å². The van der Waals surface area contributed by atoms with Gasteiger partial charge in [0.1, 0.15) is 0 Å². The summed E-state index contributed by atoms with van der Waals surface area (Å²) in [4.78, 5) is 0. The van der Waals surface area contributed by atoms with Gasteiger partial charge >= 0.3 is 6.17 Å². The quantitative estimate of drug-likeness (QED) is 0.618. The average molecular weight is 359 g/mol. The predicted octanol–water partition coefficient (Wildman–Crippen LogP) is 5.58. The van der Waals surface area contributed by atoms with Gasteiger partial charge in [0.05, 0.1) is 18.8 Å². The van der Waals surface area contributed by atoms with Gasteiger partial charge in [0.15, 0.2) is 0 Å². The van der Waals surface area contributed by atoms with E-state index in [2.05, 4.69) is 80.2 Å². The Morgan fingerprint density at radius 2 is 1.04 bits per heavy atom. The highest BCUT2D eigenvalue weighted by Gasteiger charge is 2.61. The Balaban J connectivity index is 1.79. The zero-order chi connectivity index (χ0) is 18.9. The van der Waals surface area contributed by atoms with Crippen LogP contribution in [0.15, 0.2) is 36.4 Å². The van der Waals surface area contributed by atoms with Gasteiger partial charge in [-0.25, -0.2) is 0 Å². The lowest BCUT2D eigenvalue weighted by Gasteiger charge is -2.13. The molecular weight excluding hydrogens is 328 g/mol. The lowest BCUT2D eigenvalue weighted by molar-refractivity contribution is -0.689. The molecule has 2 aromatic carbocycles. The van der Waals surface area contributed by atoms with Gasteiger partial charge in [0.25, 0.3) is 11.4 Å². The van der Waals surface area contributed by atoms with Crippen LogP contribution in [0.2, 0.25) is 0 Å². The van der Waals surface area contributed by atoms with Crippen molar-refractivity contribution in [2.45, 2.75) is 60.0 Å².